The number of carboxylic acid groups (broad SMARTS) is 2. The van der Waals surface area contributed by atoms with E-state index in [4.69, 9.17) is 23.9 Å². The molecule has 5 unspecified atom stereocenters. The lowest BCUT2D eigenvalue weighted by Crippen LogP contribution is -2.66. The number of allylic oxidation sites excluding steroid dienone is 5. The maximum atomic E-state index is 14.7. The van der Waals surface area contributed by atoms with Gasteiger partial charge in [-0.3, -0.25) is 9.59 Å². The Kier molecular flexibility index (Phi) is 12.6. The second kappa shape index (κ2) is 18.1. The summed E-state index contributed by atoms with van der Waals surface area (Å²) in [6.45, 7) is 16.9. The lowest BCUT2D eigenvalue weighted by molar-refractivity contribution is -0.184. The van der Waals surface area contributed by atoms with E-state index in [2.05, 4.69) is 6.08 Å². The minimum atomic E-state index is -2.16. The molecule has 2 aromatic heterocycles. The number of aromatic nitrogens is 2. The van der Waals surface area contributed by atoms with Gasteiger partial charge in [0, 0.05) is 45.6 Å². The van der Waals surface area contributed by atoms with Crippen molar-refractivity contribution in [3.63, 3.8) is 0 Å². The summed E-state index contributed by atoms with van der Waals surface area (Å²) in [6, 6.07) is 11.6. The van der Waals surface area contributed by atoms with Crippen molar-refractivity contribution in [3.8, 4) is 28.6 Å². The first-order chi connectivity index (χ1) is 34.4. The normalized spacial score (nSPS) is 25.6. The smallest absolute Gasteiger partial charge is 0.343 e. The highest BCUT2D eigenvalue weighted by Crippen LogP contribution is 2.64. The highest BCUT2D eigenvalue weighted by atomic mass is 16.6. The van der Waals surface area contributed by atoms with Crippen molar-refractivity contribution in [2.75, 3.05) is 0 Å². The molecule has 4 N–H and O–H groups in total. The van der Waals surface area contributed by atoms with Gasteiger partial charge < -0.3 is 43.9 Å². The number of esters is 1. The first kappa shape index (κ1) is 50.8. The molecule has 5 aliphatic heterocycles. The Balaban J connectivity index is 0.000000211. The molecular weight excluding hydrogens is 933 g/mol. The SMILES string of the molecule is CC(C)=CCCC1(C)C=Cc2c(O)c3c(c(CC=C(C)C)c2O1)OC12C(=CCCC1C(C)(C)OC2(CC=C(C)C(=O)O)C(=O)O)C3=O.CCC1(O)C(=O)OCc2c1cc1n(c2=O)Cc2cc3ccccc3nc2-1. The predicted molar refractivity (Wildman–Crippen MR) is 273 cm³/mol. The van der Waals surface area contributed by atoms with E-state index in [1.807, 2.05) is 77.1 Å². The second-order valence-electron chi connectivity index (χ2n) is 21.3. The Morgan fingerprint density at radius 3 is 2.36 bits per heavy atom. The largest absolute Gasteiger partial charge is 0.506 e. The maximum absolute atomic E-state index is 14.7. The number of aliphatic carboxylic acids is 2. The number of ketones is 1. The first-order valence-electron chi connectivity index (χ1n) is 24.8. The van der Waals surface area contributed by atoms with Gasteiger partial charge in [0.15, 0.2) is 17.0 Å². The summed E-state index contributed by atoms with van der Waals surface area (Å²) < 4.78 is 27.0. The number of carboxylic acids is 2. The predicted octanol–water partition coefficient (Wildman–Crippen LogP) is 9.59. The van der Waals surface area contributed by atoms with Gasteiger partial charge in [-0.2, -0.15) is 0 Å². The Morgan fingerprint density at radius 1 is 0.945 bits per heavy atom. The summed E-state index contributed by atoms with van der Waals surface area (Å²) in [5, 5.41) is 44.3. The van der Waals surface area contributed by atoms with Gasteiger partial charge in [0.05, 0.1) is 40.2 Å². The van der Waals surface area contributed by atoms with Gasteiger partial charge in [0.2, 0.25) is 5.60 Å². The quantitative estimate of drug-likeness (QED) is 0.0582. The number of nitrogens with zero attached hydrogens (tertiary/aromatic N) is 2. The van der Waals surface area contributed by atoms with Crippen LogP contribution in [0.3, 0.4) is 0 Å². The molecule has 1 aliphatic carbocycles. The van der Waals surface area contributed by atoms with Crippen LogP contribution in [0.15, 0.2) is 93.9 Å². The molecule has 15 nitrogen and oxygen atoms in total. The van der Waals surface area contributed by atoms with Crippen molar-refractivity contribution in [2.24, 2.45) is 5.92 Å². The zero-order valence-corrected chi connectivity index (χ0v) is 42.7. The second-order valence-corrected chi connectivity index (χ2v) is 21.3. The van der Waals surface area contributed by atoms with Crippen LogP contribution in [0.25, 0.3) is 28.4 Å². The fourth-order valence-electron chi connectivity index (χ4n) is 11.6. The molecule has 1 saturated heterocycles. The lowest BCUT2D eigenvalue weighted by Gasteiger charge is -2.50. The average Bonchev–Trinajstić information content (AvgIpc) is 3.79. The van der Waals surface area contributed by atoms with Crippen molar-refractivity contribution in [1.82, 2.24) is 9.55 Å². The van der Waals surface area contributed by atoms with E-state index in [1.165, 1.54) is 18.6 Å². The molecule has 5 atom stereocenters. The van der Waals surface area contributed by atoms with Crippen LogP contribution in [0.2, 0.25) is 0 Å². The van der Waals surface area contributed by atoms with Gasteiger partial charge in [0.25, 0.3) is 5.56 Å². The molecule has 10 rings (SSSR count). The number of phenols is 1. The van der Waals surface area contributed by atoms with E-state index in [0.717, 1.165) is 34.2 Å². The molecule has 15 heteroatoms. The Labute approximate surface area is 423 Å². The first-order valence-corrected chi connectivity index (χ1v) is 24.8. The number of fused-ring (bicyclic) bond motifs is 7. The highest BCUT2D eigenvalue weighted by Gasteiger charge is 2.77. The van der Waals surface area contributed by atoms with Crippen molar-refractivity contribution >= 4 is 40.7 Å². The number of para-hydroxylation sites is 1. The molecule has 1 spiro atoms. The summed E-state index contributed by atoms with van der Waals surface area (Å²) >= 11 is 0. The van der Waals surface area contributed by atoms with Crippen LogP contribution in [0.5, 0.6) is 17.2 Å². The Morgan fingerprint density at radius 2 is 1.67 bits per heavy atom. The van der Waals surface area contributed by atoms with Crippen LogP contribution >= 0.6 is 0 Å². The number of carbonyl (C=O) groups is 4. The van der Waals surface area contributed by atoms with Crippen molar-refractivity contribution in [2.45, 2.75) is 148 Å². The standard InChI is InChI=1S/C38H46O9.C20H16N2O4/c1-21(2)11-10-18-36(8)19-17-24-29(39)28-30(40)26-12-9-13-27-35(6,7)47-37(34(43)44,20-16-23(5)33(41)42)38(26,27)46-32(28)25(31(24)45-36)15-14-22(3)4;1-2-20(25)14-8-16-17-12(7-11-5-3-4-6-15(11)21-17)9-22(16)18(23)13(14)10-26-19(20)24/h11-12,14,16-17,19,27,39H,9-10,13,15,18,20H2,1-8H3,(H,41,42)(H,43,44);3-8,25H,2,9-10H2,1H3. The number of aromatic hydroxyl groups is 1. The molecule has 2 aromatic carbocycles. The number of cyclic esters (lactones) is 1. The van der Waals surface area contributed by atoms with Gasteiger partial charge in [0.1, 0.15) is 35.0 Å². The third-order valence-electron chi connectivity index (χ3n) is 15.5. The van der Waals surface area contributed by atoms with E-state index in [1.54, 1.807) is 43.6 Å². The molecule has 7 heterocycles. The van der Waals surface area contributed by atoms with Crippen LogP contribution < -0.4 is 15.0 Å². The number of ether oxygens (including phenoxy) is 4. The summed E-state index contributed by atoms with van der Waals surface area (Å²) in [4.78, 5) is 69.9. The maximum Gasteiger partial charge on any atom is 0.343 e. The number of aliphatic hydroxyl groups is 1. The average molecular weight is 995 g/mol. The number of carbonyl (C=O) groups excluding carboxylic acids is 2. The number of pyridine rings is 2. The summed E-state index contributed by atoms with van der Waals surface area (Å²) in [5.41, 5.74) is -0.855. The topological polar surface area (TPSA) is 221 Å². The fourth-order valence-corrected chi connectivity index (χ4v) is 11.6. The molecule has 382 valence electrons. The molecule has 1 fully saturated rings. The third-order valence-corrected chi connectivity index (χ3v) is 15.5. The number of hydrogen-bond donors (Lipinski definition) is 4. The van der Waals surface area contributed by atoms with Crippen LogP contribution in [0.1, 0.15) is 139 Å². The van der Waals surface area contributed by atoms with Crippen molar-refractivity contribution < 1.29 is 58.6 Å². The highest BCUT2D eigenvalue weighted by molar-refractivity contribution is 6.17. The van der Waals surface area contributed by atoms with Crippen molar-refractivity contribution in [3.05, 3.63) is 133 Å². The van der Waals surface area contributed by atoms with E-state index < -0.39 is 57.6 Å². The van der Waals surface area contributed by atoms with Crippen LogP contribution in [-0.2, 0) is 49.0 Å². The zero-order valence-electron chi connectivity index (χ0n) is 42.7. The fraction of sp³-hybridized carbons (Fsp3) is 0.414. The minimum absolute atomic E-state index is 0.0407. The van der Waals surface area contributed by atoms with E-state index in [-0.39, 0.29) is 53.2 Å². The lowest BCUT2D eigenvalue weighted by atomic mass is 9.60. The summed E-state index contributed by atoms with van der Waals surface area (Å²) in [7, 11) is 0. The van der Waals surface area contributed by atoms with Gasteiger partial charge >= 0.3 is 17.9 Å². The Bertz CT molecular complexity index is 3290. The van der Waals surface area contributed by atoms with E-state index in [0.29, 0.717) is 65.9 Å². The van der Waals surface area contributed by atoms with Crippen LogP contribution in [-0.4, -0.2) is 76.1 Å². The number of phenolic OH excluding ortho intramolecular Hbond substituents is 1. The van der Waals surface area contributed by atoms with Gasteiger partial charge in [-0.15, -0.1) is 0 Å². The monoisotopic (exact) mass is 994 g/mol. The molecule has 0 saturated carbocycles. The molecule has 0 amide bonds. The third kappa shape index (κ3) is 8.02. The van der Waals surface area contributed by atoms with Crippen molar-refractivity contribution in [1.29, 1.82) is 0 Å². The zero-order chi connectivity index (χ0) is 52.7. The number of hydrogen-bond acceptors (Lipinski definition) is 12. The molecule has 0 bridgehead atoms. The van der Waals surface area contributed by atoms with E-state index >= 15 is 0 Å². The summed E-state index contributed by atoms with van der Waals surface area (Å²) in [5.74, 6) is -4.24. The Hall–Kier alpha value is -7.10. The molecule has 0 radical (unpaired) electrons. The molecular formula is C58H62N2O13. The molecule has 6 aliphatic rings. The number of rotatable bonds is 10. The van der Waals surface area contributed by atoms with Gasteiger partial charge in [-0.05, 0) is 124 Å². The number of benzene rings is 2. The molecule has 4 aromatic rings. The molecule has 73 heavy (non-hydrogen) atoms. The number of Topliss-reactive ketones (excluding diaryl/α,β-unsaturated/α-hetero) is 1. The van der Waals surface area contributed by atoms with Gasteiger partial charge in [-0.1, -0.05) is 60.6 Å². The van der Waals surface area contributed by atoms with Crippen LogP contribution in [0, 0.1) is 5.92 Å². The summed E-state index contributed by atoms with van der Waals surface area (Å²) in [6.07, 6.45) is 13.3. The van der Waals surface area contributed by atoms with Gasteiger partial charge in [-0.25, -0.2) is 19.4 Å². The van der Waals surface area contributed by atoms with E-state index in [9.17, 15) is 44.4 Å². The minimum Gasteiger partial charge on any atom is -0.506 e. The van der Waals surface area contributed by atoms with Crippen LogP contribution in [0.4, 0.5) is 0 Å².